The van der Waals surface area contributed by atoms with Crippen LogP contribution < -0.4 is 0 Å². The molecular weight excluding hydrogens is 234 g/mol. The molecule has 0 radical (unpaired) electrons. The van der Waals surface area contributed by atoms with E-state index in [4.69, 9.17) is 0 Å². The summed E-state index contributed by atoms with van der Waals surface area (Å²) < 4.78 is 1.82. The third-order valence-corrected chi connectivity index (χ3v) is 3.03. The third-order valence-electron chi connectivity index (χ3n) is 3.03. The quantitative estimate of drug-likeness (QED) is 0.695. The minimum Gasteiger partial charge on any atom is -0.220 e. The molecule has 0 fully saturated rings. The highest BCUT2D eigenvalue weighted by atomic mass is 15.4. The van der Waals surface area contributed by atoms with Crippen LogP contribution in [0.25, 0.3) is 16.9 Å². The van der Waals surface area contributed by atoms with Gasteiger partial charge in [-0.15, -0.1) is 5.10 Å². The normalized spacial score (nSPS) is 10.6. The van der Waals surface area contributed by atoms with Gasteiger partial charge in [-0.05, 0) is 37.1 Å². The number of rotatable bonds is 2. The molecule has 0 spiro atoms. The van der Waals surface area contributed by atoms with Crippen LogP contribution in [0.3, 0.4) is 0 Å². The van der Waals surface area contributed by atoms with Gasteiger partial charge in [-0.1, -0.05) is 41.6 Å². The van der Waals surface area contributed by atoms with Gasteiger partial charge in [0.05, 0.1) is 11.9 Å². The zero-order chi connectivity index (χ0) is 13.2. The molecule has 3 nitrogen and oxygen atoms in total. The lowest BCUT2D eigenvalue weighted by molar-refractivity contribution is 0.802. The summed E-state index contributed by atoms with van der Waals surface area (Å²) in [6.07, 6.45) is 1.96. The van der Waals surface area contributed by atoms with Gasteiger partial charge in [-0.25, -0.2) is 4.68 Å². The van der Waals surface area contributed by atoms with E-state index in [2.05, 4.69) is 42.4 Å². The van der Waals surface area contributed by atoms with Crippen molar-refractivity contribution < 1.29 is 0 Å². The van der Waals surface area contributed by atoms with Crippen molar-refractivity contribution in [1.82, 2.24) is 15.0 Å². The van der Waals surface area contributed by atoms with Gasteiger partial charge < -0.3 is 0 Å². The lowest BCUT2D eigenvalue weighted by Crippen LogP contribution is -1.96. The Bertz CT molecular complexity index is 679. The molecule has 3 rings (SSSR count). The Balaban J connectivity index is 2.02. The first-order valence-corrected chi connectivity index (χ1v) is 6.29. The van der Waals surface area contributed by atoms with Gasteiger partial charge in [0, 0.05) is 5.56 Å². The molecule has 0 aliphatic carbocycles. The third kappa shape index (κ3) is 2.40. The van der Waals surface area contributed by atoms with Gasteiger partial charge in [-0.2, -0.15) is 0 Å². The van der Waals surface area contributed by atoms with E-state index in [1.807, 2.05) is 41.2 Å². The molecule has 0 atom stereocenters. The van der Waals surface area contributed by atoms with Crippen molar-refractivity contribution in [3.63, 3.8) is 0 Å². The summed E-state index contributed by atoms with van der Waals surface area (Å²) in [6, 6.07) is 16.4. The fourth-order valence-corrected chi connectivity index (χ4v) is 2.21. The van der Waals surface area contributed by atoms with E-state index < -0.39 is 0 Å². The van der Waals surface area contributed by atoms with Crippen molar-refractivity contribution in [1.29, 1.82) is 0 Å². The van der Waals surface area contributed by atoms with Crippen LogP contribution in [0, 0.1) is 13.8 Å². The van der Waals surface area contributed by atoms with E-state index in [9.17, 15) is 0 Å². The largest absolute Gasteiger partial charge is 0.220 e. The molecule has 0 amide bonds. The van der Waals surface area contributed by atoms with Gasteiger partial charge in [0.1, 0.15) is 5.69 Å². The van der Waals surface area contributed by atoms with Crippen molar-refractivity contribution in [3.05, 3.63) is 65.9 Å². The van der Waals surface area contributed by atoms with Gasteiger partial charge in [-0.3, -0.25) is 0 Å². The second-order valence-electron chi connectivity index (χ2n) is 4.76. The predicted octanol–water partition coefficient (Wildman–Crippen LogP) is 3.55. The van der Waals surface area contributed by atoms with Crippen molar-refractivity contribution in [2.45, 2.75) is 13.8 Å². The minimum absolute atomic E-state index is 0.889. The van der Waals surface area contributed by atoms with E-state index in [1.54, 1.807) is 0 Å². The number of hydrogen-bond acceptors (Lipinski definition) is 2. The number of benzene rings is 2. The van der Waals surface area contributed by atoms with Crippen molar-refractivity contribution in [2.75, 3.05) is 0 Å². The zero-order valence-electron chi connectivity index (χ0n) is 11.0. The summed E-state index contributed by atoms with van der Waals surface area (Å²) in [5.74, 6) is 0. The number of hydrogen-bond donors (Lipinski definition) is 0. The zero-order valence-corrected chi connectivity index (χ0v) is 11.0. The maximum Gasteiger partial charge on any atom is 0.113 e. The first-order valence-electron chi connectivity index (χ1n) is 6.29. The highest BCUT2D eigenvalue weighted by molar-refractivity contribution is 5.58. The Morgan fingerprint density at radius 1 is 0.895 bits per heavy atom. The summed E-state index contributed by atoms with van der Waals surface area (Å²) in [4.78, 5) is 0. The van der Waals surface area contributed by atoms with Gasteiger partial charge in [0.25, 0.3) is 0 Å². The molecule has 94 valence electrons. The molecule has 2 aromatic carbocycles. The molecule has 0 aliphatic rings. The summed E-state index contributed by atoms with van der Waals surface area (Å²) in [5, 5.41) is 8.45. The van der Waals surface area contributed by atoms with E-state index in [1.165, 1.54) is 11.1 Å². The topological polar surface area (TPSA) is 30.7 Å². The maximum atomic E-state index is 4.24. The second kappa shape index (κ2) is 4.69. The van der Waals surface area contributed by atoms with Crippen molar-refractivity contribution in [2.24, 2.45) is 0 Å². The van der Waals surface area contributed by atoms with Gasteiger partial charge >= 0.3 is 0 Å². The molecule has 1 aromatic heterocycles. The second-order valence-corrected chi connectivity index (χ2v) is 4.76. The molecule has 19 heavy (non-hydrogen) atoms. The lowest BCUT2D eigenvalue weighted by atomic mass is 10.1. The van der Waals surface area contributed by atoms with E-state index in [0.29, 0.717) is 0 Å². The van der Waals surface area contributed by atoms with E-state index in [0.717, 1.165) is 16.9 Å². The summed E-state index contributed by atoms with van der Waals surface area (Å²) in [6.45, 7) is 4.18. The molecule has 0 saturated carbocycles. The van der Waals surface area contributed by atoms with Crippen molar-refractivity contribution in [3.8, 4) is 16.9 Å². The predicted molar refractivity (Wildman–Crippen MR) is 76.3 cm³/mol. The molecule has 3 heteroatoms. The molecule has 1 heterocycles. The van der Waals surface area contributed by atoms with Crippen LogP contribution in [0.15, 0.2) is 54.7 Å². The average molecular weight is 249 g/mol. The lowest BCUT2D eigenvalue weighted by Gasteiger charge is -2.03. The van der Waals surface area contributed by atoms with Crippen LogP contribution in [0.5, 0.6) is 0 Å². The summed E-state index contributed by atoms with van der Waals surface area (Å²) in [5.41, 5.74) is 5.48. The van der Waals surface area contributed by atoms with E-state index >= 15 is 0 Å². The Kier molecular flexibility index (Phi) is 2.88. The highest BCUT2D eigenvalue weighted by Crippen LogP contribution is 2.18. The fourth-order valence-electron chi connectivity index (χ4n) is 2.21. The van der Waals surface area contributed by atoms with Gasteiger partial charge in [0.2, 0.25) is 0 Å². The smallest absolute Gasteiger partial charge is 0.113 e. The first-order chi connectivity index (χ1) is 9.22. The standard InChI is InChI=1S/C16H15N3/c1-12-8-13(2)10-15(9-12)19-11-16(17-18-19)14-6-4-3-5-7-14/h3-11H,1-2H3. The summed E-state index contributed by atoms with van der Waals surface area (Å²) in [7, 11) is 0. The van der Waals surface area contributed by atoms with Crippen molar-refractivity contribution >= 4 is 0 Å². The molecular formula is C16H15N3. The van der Waals surface area contributed by atoms with Crippen LogP contribution in [0.2, 0.25) is 0 Å². The van der Waals surface area contributed by atoms with Gasteiger partial charge in [0.15, 0.2) is 0 Å². The summed E-state index contributed by atoms with van der Waals surface area (Å²) >= 11 is 0. The number of nitrogens with zero attached hydrogens (tertiary/aromatic N) is 3. The highest BCUT2D eigenvalue weighted by Gasteiger charge is 2.05. The average Bonchev–Trinajstić information content (AvgIpc) is 2.88. The fraction of sp³-hybridized carbons (Fsp3) is 0.125. The van der Waals surface area contributed by atoms with Crippen LogP contribution in [0.4, 0.5) is 0 Å². The minimum atomic E-state index is 0.889. The van der Waals surface area contributed by atoms with Crippen LogP contribution in [-0.2, 0) is 0 Å². The number of aromatic nitrogens is 3. The van der Waals surface area contributed by atoms with Crippen LogP contribution in [-0.4, -0.2) is 15.0 Å². The monoisotopic (exact) mass is 249 g/mol. The molecule has 0 aliphatic heterocycles. The SMILES string of the molecule is Cc1cc(C)cc(-n2cc(-c3ccccc3)nn2)c1. The Morgan fingerprint density at radius 3 is 2.26 bits per heavy atom. The molecule has 0 N–H and O–H groups in total. The Hall–Kier alpha value is -2.42. The van der Waals surface area contributed by atoms with Crippen LogP contribution in [0.1, 0.15) is 11.1 Å². The Labute approximate surface area is 112 Å². The molecule has 0 unspecified atom stereocenters. The number of aryl methyl sites for hydroxylation is 2. The van der Waals surface area contributed by atoms with E-state index in [-0.39, 0.29) is 0 Å². The molecule has 3 aromatic rings. The Morgan fingerprint density at radius 2 is 1.58 bits per heavy atom. The first kappa shape index (κ1) is 11.7. The molecule has 0 saturated heterocycles. The van der Waals surface area contributed by atoms with Crippen LogP contribution >= 0.6 is 0 Å². The maximum absolute atomic E-state index is 4.24. The molecule has 0 bridgehead atoms.